The van der Waals surface area contributed by atoms with Gasteiger partial charge >= 0.3 is 11.9 Å². The SMILES string of the molecule is C=C/C=C(\C)[C@H]1OC(=O)C[C@H](O)CC[C@@](C)(O)[C@@H](OC(C)=O)/C=C/[C@@H]1C. The monoisotopic (exact) mass is 366 g/mol. The lowest BCUT2D eigenvalue weighted by atomic mass is 9.89. The van der Waals surface area contributed by atoms with Gasteiger partial charge in [0.05, 0.1) is 12.5 Å². The summed E-state index contributed by atoms with van der Waals surface area (Å²) in [6.07, 6.45) is 4.55. The molecule has 1 aliphatic heterocycles. The zero-order valence-corrected chi connectivity index (χ0v) is 16.0. The van der Waals surface area contributed by atoms with Crippen molar-refractivity contribution in [2.45, 2.75) is 70.9 Å². The highest BCUT2D eigenvalue weighted by Gasteiger charge is 2.34. The molecule has 0 spiro atoms. The Labute approximate surface area is 155 Å². The summed E-state index contributed by atoms with van der Waals surface area (Å²) in [5.41, 5.74) is -0.569. The molecule has 6 heteroatoms. The smallest absolute Gasteiger partial charge is 0.309 e. The highest BCUT2D eigenvalue weighted by atomic mass is 16.6. The molecule has 0 aromatic rings. The van der Waals surface area contributed by atoms with Crippen LogP contribution >= 0.6 is 0 Å². The predicted octanol–water partition coefficient (Wildman–Crippen LogP) is 2.45. The Hall–Kier alpha value is -1.92. The lowest BCUT2D eigenvalue weighted by molar-refractivity contribution is -0.157. The van der Waals surface area contributed by atoms with Crippen LogP contribution in [0.25, 0.3) is 0 Å². The average Bonchev–Trinajstić information content (AvgIpc) is 2.53. The van der Waals surface area contributed by atoms with Crippen LogP contribution in [0, 0.1) is 5.92 Å². The van der Waals surface area contributed by atoms with Gasteiger partial charge in [0.15, 0.2) is 0 Å². The van der Waals surface area contributed by atoms with E-state index in [1.165, 1.54) is 6.92 Å². The first kappa shape index (κ1) is 22.1. The molecular formula is C20H30O6. The van der Waals surface area contributed by atoms with Gasteiger partial charge in [-0.3, -0.25) is 9.59 Å². The van der Waals surface area contributed by atoms with Gasteiger partial charge in [-0.1, -0.05) is 31.7 Å². The number of allylic oxidation sites excluding steroid dienone is 2. The minimum Gasteiger partial charge on any atom is -0.457 e. The molecule has 0 fully saturated rings. The van der Waals surface area contributed by atoms with Crippen LogP contribution in [0.15, 0.2) is 36.5 Å². The highest BCUT2D eigenvalue weighted by molar-refractivity contribution is 5.70. The number of rotatable bonds is 3. The lowest BCUT2D eigenvalue weighted by Crippen LogP contribution is -2.42. The summed E-state index contributed by atoms with van der Waals surface area (Å²) in [5.74, 6) is -1.25. The van der Waals surface area contributed by atoms with Crippen molar-refractivity contribution in [3.63, 3.8) is 0 Å². The lowest BCUT2D eigenvalue weighted by Gasteiger charge is -2.32. The van der Waals surface area contributed by atoms with Crippen molar-refractivity contribution in [1.82, 2.24) is 0 Å². The second-order valence-corrected chi connectivity index (χ2v) is 7.08. The van der Waals surface area contributed by atoms with Crippen LogP contribution in [0.2, 0.25) is 0 Å². The number of hydrogen-bond donors (Lipinski definition) is 2. The van der Waals surface area contributed by atoms with E-state index in [0.717, 1.165) is 5.57 Å². The van der Waals surface area contributed by atoms with Crippen molar-refractivity contribution in [2.75, 3.05) is 0 Å². The Morgan fingerprint density at radius 3 is 2.65 bits per heavy atom. The molecule has 0 radical (unpaired) electrons. The summed E-state index contributed by atoms with van der Waals surface area (Å²) in [6, 6.07) is 0. The quantitative estimate of drug-likeness (QED) is 0.453. The zero-order valence-electron chi connectivity index (χ0n) is 16.0. The molecular weight excluding hydrogens is 336 g/mol. The van der Waals surface area contributed by atoms with Crippen LogP contribution in [-0.4, -0.2) is 46.1 Å². The summed E-state index contributed by atoms with van der Waals surface area (Å²) >= 11 is 0. The Balaban J connectivity index is 3.24. The first-order valence-corrected chi connectivity index (χ1v) is 8.81. The topological polar surface area (TPSA) is 93.1 Å². The number of carbonyl (C=O) groups is 2. The van der Waals surface area contributed by atoms with Gasteiger partial charge in [-0.2, -0.15) is 0 Å². The van der Waals surface area contributed by atoms with E-state index in [-0.39, 0.29) is 25.2 Å². The van der Waals surface area contributed by atoms with E-state index >= 15 is 0 Å². The third-order valence-electron chi connectivity index (χ3n) is 4.45. The van der Waals surface area contributed by atoms with E-state index in [9.17, 15) is 19.8 Å². The normalized spacial score (nSPS) is 35.5. The molecule has 0 saturated heterocycles. The van der Waals surface area contributed by atoms with Crippen LogP contribution in [0.5, 0.6) is 0 Å². The minimum atomic E-state index is -1.37. The predicted molar refractivity (Wildman–Crippen MR) is 98.2 cm³/mol. The van der Waals surface area contributed by atoms with Gasteiger partial charge in [0.1, 0.15) is 17.8 Å². The number of cyclic esters (lactones) is 1. The van der Waals surface area contributed by atoms with Gasteiger partial charge in [-0.05, 0) is 38.3 Å². The largest absolute Gasteiger partial charge is 0.457 e. The number of hydrogen-bond acceptors (Lipinski definition) is 6. The maximum Gasteiger partial charge on any atom is 0.309 e. The molecule has 26 heavy (non-hydrogen) atoms. The van der Waals surface area contributed by atoms with Gasteiger partial charge in [-0.25, -0.2) is 0 Å². The Morgan fingerprint density at radius 2 is 2.08 bits per heavy atom. The van der Waals surface area contributed by atoms with Crippen LogP contribution in [-0.2, 0) is 19.1 Å². The Morgan fingerprint density at radius 1 is 1.42 bits per heavy atom. The molecule has 146 valence electrons. The molecule has 0 unspecified atom stereocenters. The van der Waals surface area contributed by atoms with E-state index in [2.05, 4.69) is 6.58 Å². The Bertz CT molecular complexity index is 575. The fourth-order valence-corrected chi connectivity index (χ4v) is 2.91. The molecule has 1 aliphatic rings. The van der Waals surface area contributed by atoms with Crippen LogP contribution in [0.4, 0.5) is 0 Å². The second-order valence-electron chi connectivity index (χ2n) is 7.08. The van der Waals surface area contributed by atoms with Crippen LogP contribution < -0.4 is 0 Å². The van der Waals surface area contributed by atoms with Gasteiger partial charge in [0.2, 0.25) is 0 Å². The third kappa shape index (κ3) is 6.77. The van der Waals surface area contributed by atoms with E-state index in [4.69, 9.17) is 9.47 Å². The molecule has 0 aromatic carbocycles. The maximum absolute atomic E-state index is 12.2. The summed E-state index contributed by atoms with van der Waals surface area (Å²) in [6.45, 7) is 10.2. The van der Waals surface area contributed by atoms with Crippen LogP contribution in [0.3, 0.4) is 0 Å². The first-order valence-electron chi connectivity index (χ1n) is 8.81. The second kappa shape index (κ2) is 9.69. The number of aliphatic hydroxyl groups is 2. The number of ether oxygens (including phenoxy) is 2. The molecule has 2 N–H and O–H groups in total. The van der Waals surface area contributed by atoms with E-state index in [1.54, 1.807) is 31.2 Å². The molecule has 0 saturated carbocycles. The molecule has 0 aromatic heterocycles. The molecule has 0 amide bonds. The standard InChI is InChI=1S/C20H30O6/c1-6-7-13(2)19-14(3)8-9-17(25-15(4)21)20(5,24)11-10-16(22)12-18(23)26-19/h6-9,14,16-17,19,22,24H,1,10-12H2,2-5H3/b9-8+,13-7+/t14-,16+,17-,19+,20+/m0/s1. The molecule has 1 heterocycles. The number of aliphatic hydroxyl groups excluding tert-OH is 1. The van der Waals surface area contributed by atoms with Crippen molar-refractivity contribution < 1.29 is 29.3 Å². The molecule has 6 nitrogen and oxygen atoms in total. The molecule has 5 atom stereocenters. The third-order valence-corrected chi connectivity index (χ3v) is 4.45. The van der Waals surface area contributed by atoms with Crippen molar-refractivity contribution in [2.24, 2.45) is 5.92 Å². The van der Waals surface area contributed by atoms with Gasteiger partial charge in [-0.15, -0.1) is 0 Å². The molecule has 1 rings (SSSR count). The fourth-order valence-electron chi connectivity index (χ4n) is 2.91. The van der Waals surface area contributed by atoms with Gasteiger partial charge in [0.25, 0.3) is 0 Å². The summed E-state index contributed by atoms with van der Waals surface area (Å²) < 4.78 is 10.8. The van der Waals surface area contributed by atoms with Crippen molar-refractivity contribution in [3.05, 3.63) is 36.5 Å². The highest BCUT2D eigenvalue weighted by Crippen LogP contribution is 2.26. The molecule has 0 aliphatic carbocycles. The summed E-state index contributed by atoms with van der Waals surface area (Å²) in [7, 11) is 0. The van der Waals surface area contributed by atoms with Crippen molar-refractivity contribution in [1.29, 1.82) is 0 Å². The fraction of sp³-hybridized carbons (Fsp3) is 0.600. The minimum absolute atomic E-state index is 0.164. The van der Waals surface area contributed by atoms with Crippen LogP contribution in [0.1, 0.15) is 47.0 Å². The van der Waals surface area contributed by atoms with Gasteiger partial charge in [0, 0.05) is 12.8 Å². The average molecular weight is 366 g/mol. The first-order chi connectivity index (χ1) is 12.1. The Kier molecular flexibility index (Phi) is 8.24. The number of esters is 2. The van der Waals surface area contributed by atoms with E-state index < -0.39 is 35.9 Å². The van der Waals surface area contributed by atoms with E-state index in [0.29, 0.717) is 0 Å². The zero-order chi connectivity index (χ0) is 19.9. The maximum atomic E-state index is 12.2. The van der Waals surface area contributed by atoms with Crippen molar-refractivity contribution >= 4 is 11.9 Å². The number of carbonyl (C=O) groups excluding carboxylic acids is 2. The summed E-state index contributed by atoms with van der Waals surface area (Å²) in [4.78, 5) is 23.6. The summed E-state index contributed by atoms with van der Waals surface area (Å²) in [5, 5.41) is 20.8. The van der Waals surface area contributed by atoms with Crippen molar-refractivity contribution in [3.8, 4) is 0 Å². The van der Waals surface area contributed by atoms with Gasteiger partial charge < -0.3 is 19.7 Å². The molecule has 0 bridgehead atoms. The van der Waals surface area contributed by atoms with E-state index in [1.807, 2.05) is 13.8 Å².